The molecule has 0 saturated heterocycles. The Morgan fingerprint density at radius 1 is 1.75 bits per heavy atom. The maximum absolute atomic E-state index is 8.27. The summed E-state index contributed by atoms with van der Waals surface area (Å²) < 4.78 is 1.82. The lowest BCUT2D eigenvalue weighted by atomic mass is 10.4. The molecule has 1 aromatic rings. The molecule has 0 fully saturated rings. The van der Waals surface area contributed by atoms with Gasteiger partial charge in [0.15, 0.2) is 0 Å². The van der Waals surface area contributed by atoms with Crippen molar-refractivity contribution in [1.29, 1.82) is 5.26 Å². The van der Waals surface area contributed by atoms with Crippen LogP contribution in [-0.2, 0) is 13.6 Å². The fourth-order valence-corrected chi connectivity index (χ4v) is 0.935. The second-order valence-corrected chi connectivity index (χ2v) is 2.53. The van der Waals surface area contributed by atoms with Crippen LogP contribution in [0.2, 0.25) is 0 Å². The van der Waals surface area contributed by atoms with Crippen LogP contribution in [-0.4, -0.2) is 16.3 Å². The normalized spacial score (nSPS) is 9.67. The van der Waals surface area contributed by atoms with Gasteiger partial charge in [-0.1, -0.05) is 0 Å². The molecular formula is C8H12N4. The van der Waals surface area contributed by atoms with Crippen molar-refractivity contribution in [2.24, 2.45) is 7.05 Å². The van der Waals surface area contributed by atoms with Crippen molar-refractivity contribution in [3.63, 3.8) is 0 Å². The van der Waals surface area contributed by atoms with Crippen LogP contribution in [0.4, 0.5) is 0 Å². The van der Waals surface area contributed by atoms with E-state index in [0.717, 1.165) is 18.8 Å². The standard InChI is InChI=1S/C8H12N4/c1-12-8(3-6-11-12)7-10-5-2-4-9/h3,6,10H,2,5,7H2,1H3. The molecular weight excluding hydrogens is 152 g/mol. The molecule has 4 heteroatoms. The van der Waals surface area contributed by atoms with Gasteiger partial charge in [0.25, 0.3) is 0 Å². The fraction of sp³-hybridized carbons (Fsp3) is 0.500. The van der Waals surface area contributed by atoms with Crippen molar-refractivity contribution in [3.8, 4) is 6.07 Å². The monoisotopic (exact) mass is 164 g/mol. The van der Waals surface area contributed by atoms with Crippen LogP contribution in [0.15, 0.2) is 12.3 Å². The molecule has 1 rings (SSSR count). The van der Waals surface area contributed by atoms with Crippen LogP contribution in [0.3, 0.4) is 0 Å². The van der Waals surface area contributed by atoms with Crippen molar-refractivity contribution >= 4 is 0 Å². The lowest BCUT2D eigenvalue weighted by molar-refractivity contribution is 0.631. The minimum Gasteiger partial charge on any atom is -0.310 e. The van der Waals surface area contributed by atoms with Crippen LogP contribution in [0.25, 0.3) is 0 Å². The molecule has 0 saturated carbocycles. The number of aromatic nitrogens is 2. The number of nitriles is 1. The predicted molar refractivity (Wildman–Crippen MR) is 45.1 cm³/mol. The van der Waals surface area contributed by atoms with E-state index in [1.54, 1.807) is 6.20 Å². The predicted octanol–water partition coefficient (Wildman–Crippen LogP) is 0.423. The molecule has 1 N–H and O–H groups in total. The molecule has 0 aromatic carbocycles. The van der Waals surface area contributed by atoms with E-state index in [-0.39, 0.29) is 0 Å². The van der Waals surface area contributed by atoms with Gasteiger partial charge in [0.2, 0.25) is 0 Å². The zero-order chi connectivity index (χ0) is 8.81. The van der Waals surface area contributed by atoms with Gasteiger partial charge in [-0.2, -0.15) is 10.4 Å². The number of hydrogen-bond donors (Lipinski definition) is 1. The summed E-state index contributed by atoms with van der Waals surface area (Å²) in [5.74, 6) is 0. The summed E-state index contributed by atoms with van der Waals surface area (Å²) in [6.07, 6.45) is 2.32. The molecule has 0 aliphatic rings. The van der Waals surface area contributed by atoms with Gasteiger partial charge in [0, 0.05) is 32.8 Å². The first kappa shape index (κ1) is 8.75. The Morgan fingerprint density at radius 3 is 3.17 bits per heavy atom. The Kier molecular flexibility index (Phi) is 3.30. The van der Waals surface area contributed by atoms with Gasteiger partial charge >= 0.3 is 0 Å². The molecule has 1 aromatic heterocycles. The first-order chi connectivity index (χ1) is 5.84. The topological polar surface area (TPSA) is 53.6 Å². The highest BCUT2D eigenvalue weighted by molar-refractivity contribution is 4.99. The Bertz CT molecular complexity index is 271. The largest absolute Gasteiger partial charge is 0.310 e. The van der Waals surface area contributed by atoms with Gasteiger partial charge in [-0.3, -0.25) is 4.68 Å². The average molecular weight is 164 g/mol. The molecule has 0 aliphatic carbocycles. The second-order valence-electron chi connectivity index (χ2n) is 2.53. The first-order valence-corrected chi connectivity index (χ1v) is 3.89. The molecule has 0 amide bonds. The van der Waals surface area contributed by atoms with Crippen LogP contribution in [0.5, 0.6) is 0 Å². The summed E-state index contributed by atoms with van der Waals surface area (Å²) in [6.45, 7) is 1.51. The third-order valence-electron chi connectivity index (χ3n) is 1.64. The molecule has 4 nitrogen and oxygen atoms in total. The van der Waals surface area contributed by atoms with Crippen molar-refractivity contribution < 1.29 is 0 Å². The first-order valence-electron chi connectivity index (χ1n) is 3.89. The summed E-state index contributed by atoms with van der Waals surface area (Å²) >= 11 is 0. The van der Waals surface area contributed by atoms with Gasteiger partial charge in [-0.05, 0) is 6.07 Å². The highest BCUT2D eigenvalue weighted by Gasteiger charge is 1.95. The molecule has 1 heterocycles. The summed E-state index contributed by atoms with van der Waals surface area (Å²) in [6, 6.07) is 4.04. The van der Waals surface area contributed by atoms with E-state index in [4.69, 9.17) is 5.26 Å². The molecule has 0 spiro atoms. The molecule has 0 aliphatic heterocycles. The van der Waals surface area contributed by atoms with E-state index < -0.39 is 0 Å². The van der Waals surface area contributed by atoms with Crippen molar-refractivity contribution in [2.45, 2.75) is 13.0 Å². The SMILES string of the molecule is Cn1nccc1CNCCC#N. The van der Waals surface area contributed by atoms with Crippen molar-refractivity contribution in [2.75, 3.05) is 6.54 Å². The molecule has 0 bridgehead atoms. The number of aryl methyl sites for hydroxylation is 1. The van der Waals surface area contributed by atoms with Crippen LogP contribution in [0.1, 0.15) is 12.1 Å². The molecule has 0 radical (unpaired) electrons. The molecule has 0 unspecified atom stereocenters. The minimum atomic E-state index is 0.553. The molecule has 12 heavy (non-hydrogen) atoms. The fourth-order valence-electron chi connectivity index (χ4n) is 0.935. The van der Waals surface area contributed by atoms with Gasteiger partial charge in [-0.15, -0.1) is 0 Å². The zero-order valence-electron chi connectivity index (χ0n) is 7.12. The third kappa shape index (κ3) is 2.36. The second kappa shape index (κ2) is 4.52. The number of nitrogens with zero attached hydrogens (tertiary/aromatic N) is 3. The van der Waals surface area contributed by atoms with Gasteiger partial charge < -0.3 is 5.32 Å². The average Bonchev–Trinajstić information content (AvgIpc) is 2.46. The Hall–Kier alpha value is -1.34. The summed E-state index contributed by atoms with van der Waals surface area (Å²) in [7, 11) is 1.90. The Morgan fingerprint density at radius 2 is 2.58 bits per heavy atom. The Balaban J connectivity index is 2.25. The van der Waals surface area contributed by atoms with Crippen LogP contribution >= 0.6 is 0 Å². The van der Waals surface area contributed by atoms with Crippen LogP contribution in [0, 0.1) is 11.3 Å². The van der Waals surface area contributed by atoms with E-state index >= 15 is 0 Å². The van der Waals surface area contributed by atoms with Crippen LogP contribution < -0.4 is 5.32 Å². The van der Waals surface area contributed by atoms with Gasteiger partial charge in [0.05, 0.1) is 11.8 Å². The maximum atomic E-state index is 8.27. The van der Waals surface area contributed by atoms with Gasteiger partial charge in [0.1, 0.15) is 0 Å². The number of nitrogens with one attached hydrogen (secondary N) is 1. The molecule has 64 valence electrons. The van der Waals surface area contributed by atoms with Gasteiger partial charge in [-0.25, -0.2) is 0 Å². The quantitative estimate of drug-likeness (QED) is 0.656. The van der Waals surface area contributed by atoms with E-state index in [2.05, 4.69) is 16.5 Å². The minimum absolute atomic E-state index is 0.553. The van der Waals surface area contributed by atoms with E-state index in [1.165, 1.54) is 0 Å². The van der Waals surface area contributed by atoms with E-state index in [0.29, 0.717) is 6.42 Å². The number of rotatable bonds is 4. The van der Waals surface area contributed by atoms with Crippen molar-refractivity contribution in [1.82, 2.24) is 15.1 Å². The van der Waals surface area contributed by atoms with E-state index in [1.807, 2.05) is 17.8 Å². The summed E-state index contributed by atoms with van der Waals surface area (Å²) in [5, 5.41) is 15.4. The maximum Gasteiger partial charge on any atom is 0.0635 e. The zero-order valence-corrected chi connectivity index (χ0v) is 7.12. The highest BCUT2D eigenvalue weighted by atomic mass is 15.3. The van der Waals surface area contributed by atoms with Crippen molar-refractivity contribution in [3.05, 3.63) is 18.0 Å². The number of hydrogen-bond acceptors (Lipinski definition) is 3. The lowest BCUT2D eigenvalue weighted by Gasteiger charge is -2.01. The lowest BCUT2D eigenvalue weighted by Crippen LogP contribution is -2.16. The molecule has 0 atom stereocenters. The Labute approximate surface area is 71.8 Å². The smallest absolute Gasteiger partial charge is 0.0635 e. The van der Waals surface area contributed by atoms with E-state index in [9.17, 15) is 0 Å². The summed E-state index contributed by atoms with van der Waals surface area (Å²) in [4.78, 5) is 0. The highest BCUT2D eigenvalue weighted by Crippen LogP contribution is 1.94. The third-order valence-corrected chi connectivity index (χ3v) is 1.64. The summed E-state index contributed by atoms with van der Waals surface area (Å²) in [5.41, 5.74) is 1.13.